The number of azide groups is 1. The Balaban J connectivity index is 1.60. The van der Waals surface area contributed by atoms with Crippen molar-refractivity contribution in [3.05, 3.63) is 74.2 Å². The monoisotopic (exact) mass is 499 g/mol. The zero-order valence-electron chi connectivity index (χ0n) is 21.6. The predicted octanol–water partition coefficient (Wildman–Crippen LogP) is 5.27. The molecule has 2 amide bonds. The van der Waals surface area contributed by atoms with Gasteiger partial charge in [0.05, 0.1) is 0 Å². The number of hydrogen-bond donors (Lipinski definition) is 1. The number of ketones is 2. The van der Waals surface area contributed by atoms with Crippen LogP contribution in [0.15, 0.2) is 57.7 Å². The molecule has 1 heterocycles. The first kappa shape index (κ1) is 25.9. The number of allylic oxidation sites excluding steroid dienone is 4. The molecule has 2 aromatic rings. The van der Waals surface area contributed by atoms with Crippen LogP contribution in [0.25, 0.3) is 21.2 Å². The van der Waals surface area contributed by atoms with E-state index in [9.17, 15) is 19.2 Å². The van der Waals surface area contributed by atoms with Crippen molar-refractivity contribution < 1.29 is 19.2 Å². The molecule has 190 valence electrons. The van der Waals surface area contributed by atoms with E-state index in [4.69, 9.17) is 5.53 Å². The lowest BCUT2D eigenvalue weighted by Crippen LogP contribution is -2.35. The Morgan fingerprint density at radius 1 is 1.05 bits per heavy atom. The minimum Gasteiger partial charge on any atom is -0.334 e. The van der Waals surface area contributed by atoms with Gasteiger partial charge in [-0.25, -0.2) is 0 Å². The summed E-state index contributed by atoms with van der Waals surface area (Å²) in [5, 5.41) is 8.02. The molecule has 2 aromatic carbocycles. The standard InChI is InChI=1S/C28H29N5O4/c1-15-16(2)26(36)24(17(3)25(15)35)28(4,5)13-22(34)31-21-10-9-18-14-33(12-11-30-32-29)27(37)20-8-6-7-19(21)23(18)20/h6-10H,11-14H2,1-5H3,(H,31,34). The lowest BCUT2D eigenvalue weighted by molar-refractivity contribution is -0.119. The van der Waals surface area contributed by atoms with Gasteiger partial charge in [-0.05, 0) is 44.0 Å². The third-order valence-electron chi connectivity index (χ3n) is 7.28. The molecule has 0 atom stereocenters. The van der Waals surface area contributed by atoms with Gasteiger partial charge in [0.2, 0.25) is 5.91 Å². The van der Waals surface area contributed by atoms with E-state index >= 15 is 0 Å². The fourth-order valence-electron chi connectivity index (χ4n) is 5.33. The lowest BCUT2D eigenvalue weighted by atomic mass is 9.71. The third kappa shape index (κ3) is 4.54. The smallest absolute Gasteiger partial charge is 0.254 e. The molecule has 0 saturated carbocycles. The molecule has 37 heavy (non-hydrogen) atoms. The molecule has 9 heteroatoms. The minimum absolute atomic E-state index is 0.0000746. The minimum atomic E-state index is -0.864. The SMILES string of the molecule is CC1=C(C)C(=O)C(C(C)(C)CC(=O)Nc2ccc3c4c(cccc24)C(=O)N(CCN=[N+]=[N-])C3)=C(C)C1=O. The Labute approximate surface area is 214 Å². The Kier molecular flexibility index (Phi) is 6.76. The highest BCUT2D eigenvalue weighted by Crippen LogP contribution is 2.40. The number of nitrogens with zero attached hydrogens (tertiary/aromatic N) is 4. The van der Waals surface area contributed by atoms with Crippen molar-refractivity contribution in [3.63, 3.8) is 0 Å². The average Bonchev–Trinajstić information content (AvgIpc) is 2.85. The summed E-state index contributed by atoms with van der Waals surface area (Å²) < 4.78 is 0. The molecule has 9 nitrogen and oxygen atoms in total. The van der Waals surface area contributed by atoms with Crippen molar-refractivity contribution in [2.75, 3.05) is 18.4 Å². The number of benzene rings is 2. The van der Waals surface area contributed by atoms with Crippen LogP contribution < -0.4 is 5.32 Å². The van der Waals surface area contributed by atoms with Crippen LogP contribution >= 0.6 is 0 Å². The summed E-state index contributed by atoms with van der Waals surface area (Å²) in [7, 11) is 0. The summed E-state index contributed by atoms with van der Waals surface area (Å²) in [4.78, 5) is 56.4. The molecule has 4 rings (SSSR count). The number of rotatable bonds is 7. The van der Waals surface area contributed by atoms with E-state index in [2.05, 4.69) is 15.3 Å². The summed E-state index contributed by atoms with van der Waals surface area (Å²) in [6.45, 7) is 9.42. The van der Waals surface area contributed by atoms with Crippen molar-refractivity contribution >= 4 is 39.8 Å². The molecule has 0 radical (unpaired) electrons. The van der Waals surface area contributed by atoms with Gasteiger partial charge < -0.3 is 10.2 Å². The first-order valence-electron chi connectivity index (χ1n) is 12.1. The second-order valence-corrected chi connectivity index (χ2v) is 10.2. The number of carbonyl (C=O) groups excluding carboxylic acids is 4. The topological polar surface area (TPSA) is 132 Å². The van der Waals surface area contributed by atoms with Crippen LogP contribution in [-0.4, -0.2) is 41.4 Å². The van der Waals surface area contributed by atoms with Crippen molar-refractivity contribution in [3.8, 4) is 0 Å². The van der Waals surface area contributed by atoms with Gasteiger partial charge >= 0.3 is 0 Å². The van der Waals surface area contributed by atoms with Gasteiger partial charge in [0.15, 0.2) is 11.6 Å². The van der Waals surface area contributed by atoms with E-state index in [1.165, 1.54) is 0 Å². The van der Waals surface area contributed by atoms with E-state index < -0.39 is 5.41 Å². The molecule has 1 N–H and O–H groups in total. The predicted molar refractivity (Wildman–Crippen MR) is 141 cm³/mol. The largest absolute Gasteiger partial charge is 0.334 e. The van der Waals surface area contributed by atoms with Crippen molar-refractivity contribution in [1.29, 1.82) is 0 Å². The summed E-state index contributed by atoms with van der Waals surface area (Å²) in [6, 6.07) is 9.07. The van der Waals surface area contributed by atoms with Gasteiger partial charge in [0, 0.05) is 80.7 Å². The van der Waals surface area contributed by atoms with E-state index in [0.29, 0.717) is 46.6 Å². The highest BCUT2D eigenvalue weighted by molar-refractivity contribution is 6.25. The molecule has 0 spiro atoms. The van der Waals surface area contributed by atoms with Crippen LogP contribution in [0, 0.1) is 5.41 Å². The highest BCUT2D eigenvalue weighted by atomic mass is 16.2. The van der Waals surface area contributed by atoms with Crippen LogP contribution in [0.1, 0.15) is 57.0 Å². The zero-order chi connectivity index (χ0) is 27.1. The average molecular weight is 500 g/mol. The normalized spacial score (nSPS) is 15.9. The zero-order valence-corrected chi connectivity index (χ0v) is 21.6. The number of anilines is 1. The maximum absolute atomic E-state index is 13.2. The van der Waals surface area contributed by atoms with Gasteiger partial charge in [0.1, 0.15) is 0 Å². The fraction of sp³-hybridized carbons (Fsp3) is 0.357. The highest BCUT2D eigenvalue weighted by Gasteiger charge is 2.38. The van der Waals surface area contributed by atoms with Gasteiger partial charge in [0.25, 0.3) is 5.91 Å². The second kappa shape index (κ2) is 9.67. The number of hydrogen-bond acceptors (Lipinski definition) is 5. The molecule has 1 aliphatic carbocycles. The van der Waals surface area contributed by atoms with Crippen LogP contribution in [0.2, 0.25) is 0 Å². The van der Waals surface area contributed by atoms with Gasteiger partial charge in [-0.2, -0.15) is 0 Å². The van der Waals surface area contributed by atoms with E-state index in [1.807, 2.05) is 18.2 Å². The molecular weight excluding hydrogens is 470 g/mol. The molecular formula is C28H29N5O4. The molecule has 0 fully saturated rings. The second-order valence-electron chi connectivity index (χ2n) is 10.2. The van der Waals surface area contributed by atoms with E-state index in [1.54, 1.807) is 51.7 Å². The summed E-state index contributed by atoms with van der Waals surface area (Å²) in [6.07, 6.45) is 0.0000746. The Morgan fingerprint density at radius 2 is 1.76 bits per heavy atom. The molecule has 0 bridgehead atoms. The van der Waals surface area contributed by atoms with Crippen molar-refractivity contribution in [1.82, 2.24) is 4.90 Å². The Hall–Kier alpha value is -4.23. The van der Waals surface area contributed by atoms with Crippen LogP contribution in [-0.2, 0) is 20.9 Å². The van der Waals surface area contributed by atoms with Gasteiger partial charge in [-0.1, -0.05) is 37.2 Å². The molecule has 0 unspecified atom stereocenters. The maximum Gasteiger partial charge on any atom is 0.254 e. The summed E-state index contributed by atoms with van der Waals surface area (Å²) in [5.74, 6) is -0.814. The Morgan fingerprint density at radius 3 is 2.46 bits per heavy atom. The number of nitrogens with one attached hydrogen (secondary N) is 1. The van der Waals surface area contributed by atoms with Gasteiger partial charge in [-0.15, -0.1) is 0 Å². The van der Waals surface area contributed by atoms with Crippen LogP contribution in [0.4, 0.5) is 5.69 Å². The van der Waals surface area contributed by atoms with Crippen molar-refractivity contribution in [2.45, 2.75) is 47.6 Å². The lowest BCUT2D eigenvalue weighted by Gasteiger charge is -2.31. The third-order valence-corrected chi connectivity index (χ3v) is 7.28. The van der Waals surface area contributed by atoms with E-state index in [0.717, 1.165) is 16.3 Å². The molecule has 0 aromatic heterocycles. The van der Waals surface area contributed by atoms with Crippen LogP contribution in [0.5, 0.6) is 0 Å². The van der Waals surface area contributed by atoms with Crippen molar-refractivity contribution in [2.24, 2.45) is 10.5 Å². The van der Waals surface area contributed by atoms with E-state index in [-0.39, 0.29) is 36.3 Å². The van der Waals surface area contributed by atoms with Gasteiger partial charge in [-0.3, -0.25) is 19.2 Å². The van der Waals surface area contributed by atoms with Crippen LogP contribution in [0.3, 0.4) is 0 Å². The maximum atomic E-state index is 13.2. The summed E-state index contributed by atoms with van der Waals surface area (Å²) >= 11 is 0. The number of carbonyl (C=O) groups is 4. The number of amides is 2. The molecule has 0 saturated heterocycles. The molecule has 1 aliphatic heterocycles. The summed E-state index contributed by atoms with van der Waals surface area (Å²) in [5.41, 5.74) is 11.3. The fourth-order valence-corrected chi connectivity index (χ4v) is 5.33. The Bertz CT molecular complexity index is 1490. The molecule has 2 aliphatic rings. The first-order chi connectivity index (χ1) is 17.5. The number of Topliss-reactive ketones (excluding diaryl/α,β-unsaturated/α-hetero) is 2. The first-order valence-corrected chi connectivity index (χ1v) is 12.1. The quantitative estimate of drug-likeness (QED) is 0.241.